The number of benzene rings is 1. The van der Waals surface area contributed by atoms with E-state index in [1.165, 1.54) is 17.0 Å². The van der Waals surface area contributed by atoms with Gasteiger partial charge in [0.05, 0.1) is 10.4 Å². The smallest absolute Gasteiger partial charge is 0.123 e. The first-order chi connectivity index (χ1) is 9.72. The van der Waals surface area contributed by atoms with Crippen molar-refractivity contribution in [1.82, 2.24) is 0 Å². The SMILES string of the molecule is Fc1ccc(NC(c2cccs2)c2ccc(Cl)s2)cc1. The number of hydrogen-bond donors (Lipinski definition) is 1. The van der Waals surface area contributed by atoms with Crippen LogP contribution in [0.4, 0.5) is 10.1 Å². The van der Waals surface area contributed by atoms with Gasteiger partial charge in [0, 0.05) is 15.4 Å². The minimum atomic E-state index is -0.234. The van der Waals surface area contributed by atoms with E-state index in [0.717, 1.165) is 14.9 Å². The van der Waals surface area contributed by atoms with Gasteiger partial charge in [-0.1, -0.05) is 17.7 Å². The van der Waals surface area contributed by atoms with E-state index in [1.54, 1.807) is 34.8 Å². The van der Waals surface area contributed by atoms with Gasteiger partial charge < -0.3 is 5.32 Å². The molecule has 1 N–H and O–H groups in total. The summed E-state index contributed by atoms with van der Waals surface area (Å²) in [4.78, 5) is 2.34. The lowest BCUT2D eigenvalue weighted by atomic mass is 10.2. The molecule has 5 heteroatoms. The van der Waals surface area contributed by atoms with E-state index < -0.39 is 0 Å². The van der Waals surface area contributed by atoms with Crippen LogP contribution in [-0.4, -0.2) is 0 Å². The molecule has 2 heterocycles. The molecule has 0 saturated carbocycles. The fourth-order valence-corrected chi connectivity index (χ4v) is 3.93. The average Bonchev–Trinajstić information content (AvgIpc) is 3.09. The second-order valence-electron chi connectivity index (χ2n) is 4.24. The van der Waals surface area contributed by atoms with Crippen LogP contribution in [0.2, 0.25) is 4.34 Å². The Kier molecular flexibility index (Phi) is 4.05. The quantitative estimate of drug-likeness (QED) is 0.639. The number of hydrogen-bond acceptors (Lipinski definition) is 3. The van der Waals surface area contributed by atoms with Gasteiger partial charge in [-0.25, -0.2) is 4.39 Å². The summed E-state index contributed by atoms with van der Waals surface area (Å²) in [6.07, 6.45) is 0. The molecule has 0 radical (unpaired) electrons. The molecule has 0 aliphatic carbocycles. The monoisotopic (exact) mass is 323 g/mol. The van der Waals surface area contributed by atoms with Crippen LogP contribution in [0, 0.1) is 5.82 Å². The van der Waals surface area contributed by atoms with E-state index in [2.05, 4.69) is 11.4 Å². The number of thiophene rings is 2. The van der Waals surface area contributed by atoms with Crippen LogP contribution >= 0.6 is 34.3 Å². The Labute approximate surface area is 129 Å². The first-order valence-corrected chi connectivity index (χ1v) is 8.10. The molecule has 0 spiro atoms. The van der Waals surface area contributed by atoms with Gasteiger partial charge in [0.2, 0.25) is 0 Å². The van der Waals surface area contributed by atoms with Crippen LogP contribution in [0.15, 0.2) is 53.9 Å². The standard InChI is InChI=1S/C15H11ClFNS2/c16-14-8-7-13(20-14)15(12-2-1-9-19-12)18-11-5-3-10(17)4-6-11/h1-9,15,18H. The second kappa shape index (κ2) is 5.95. The molecule has 2 aromatic heterocycles. The molecule has 0 amide bonds. The van der Waals surface area contributed by atoms with E-state index >= 15 is 0 Å². The highest BCUT2D eigenvalue weighted by Gasteiger charge is 2.17. The summed E-state index contributed by atoms with van der Waals surface area (Å²) in [6, 6.07) is 14.5. The zero-order valence-electron chi connectivity index (χ0n) is 10.3. The maximum atomic E-state index is 13.0. The summed E-state index contributed by atoms with van der Waals surface area (Å²) >= 11 is 9.27. The van der Waals surface area contributed by atoms with Crippen molar-refractivity contribution in [2.75, 3.05) is 5.32 Å². The highest BCUT2D eigenvalue weighted by atomic mass is 35.5. The molecule has 0 saturated heterocycles. The van der Waals surface area contributed by atoms with Crippen LogP contribution in [0.1, 0.15) is 15.8 Å². The van der Waals surface area contributed by atoms with E-state index in [-0.39, 0.29) is 11.9 Å². The predicted molar refractivity (Wildman–Crippen MR) is 85.5 cm³/mol. The molecule has 0 bridgehead atoms. The third kappa shape index (κ3) is 3.03. The molecule has 3 aromatic rings. The third-order valence-electron chi connectivity index (χ3n) is 2.86. The summed E-state index contributed by atoms with van der Waals surface area (Å²) in [7, 11) is 0. The molecule has 0 fully saturated rings. The fraction of sp³-hybridized carbons (Fsp3) is 0.0667. The molecule has 1 atom stereocenters. The normalized spacial score (nSPS) is 12.3. The first kappa shape index (κ1) is 13.6. The van der Waals surface area contributed by atoms with Gasteiger partial charge in [0.1, 0.15) is 5.82 Å². The summed E-state index contributed by atoms with van der Waals surface area (Å²) in [5.74, 6) is -0.234. The van der Waals surface area contributed by atoms with Gasteiger partial charge >= 0.3 is 0 Å². The maximum Gasteiger partial charge on any atom is 0.123 e. The van der Waals surface area contributed by atoms with Crippen LogP contribution in [0.5, 0.6) is 0 Å². The molecule has 1 nitrogen and oxygen atoms in total. The summed E-state index contributed by atoms with van der Waals surface area (Å²) in [5, 5.41) is 5.48. The van der Waals surface area contributed by atoms with Crippen molar-refractivity contribution in [1.29, 1.82) is 0 Å². The Morgan fingerprint density at radius 1 is 1.00 bits per heavy atom. The van der Waals surface area contributed by atoms with Crippen LogP contribution in [0.25, 0.3) is 0 Å². The minimum absolute atomic E-state index is 0.0398. The number of anilines is 1. The maximum absolute atomic E-state index is 13.0. The molecule has 3 rings (SSSR count). The lowest BCUT2D eigenvalue weighted by Crippen LogP contribution is -2.09. The first-order valence-electron chi connectivity index (χ1n) is 6.03. The van der Waals surface area contributed by atoms with Gasteiger partial charge in [-0.2, -0.15) is 0 Å². The second-order valence-corrected chi connectivity index (χ2v) is 6.97. The molecule has 102 valence electrons. The minimum Gasteiger partial charge on any atom is -0.373 e. The highest BCUT2D eigenvalue weighted by molar-refractivity contribution is 7.16. The van der Waals surface area contributed by atoms with Crippen molar-refractivity contribution >= 4 is 40.0 Å². The number of halogens is 2. The average molecular weight is 324 g/mol. The van der Waals surface area contributed by atoms with Crippen molar-refractivity contribution in [3.8, 4) is 0 Å². The Hall–Kier alpha value is -1.36. The highest BCUT2D eigenvalue weighted by Crippen LogP contribution is 2.35. The van der Waals surface area contributed by atoms with Gasteiger partial charge in [0.15, 0.2) is 0 Å². The Bertz CT molecular complexity index is 676. The van der Waals surface area contributed by atoms with Crippen molar-refractivity contribution in [2.45, 2.75) is 6.04 Å². The van der Waals surface area contributed by atoms with Gasteiger partial charge in [0.25, 0.3) is 0 Å². The third-order valence-corrected chi connectivity index (χ3v) is 5.09. The fourth-order valence-electron chi connectivity index (χ4n) is 1.93. The summed E-state index contributed by atoms with van der Waals surface area (Å²) in [5.41, 5.74) is 0.884. The molecule has 0 aliphatic heterocycles. The van der Waals surface area contributed by atoms with Gasteiger partial charge in [-0.15, -0.1) is 22.7 Å². The van der Waals surface area contributed by atoms with Gasteiger partial charge in [-0.3, -0.25) is 0 Å². The molecular weight excluding hydrogens is 313 g/mol. The van der Waals surface area contributed by atoms with Crippen molar-refractivity contribution in [3.63, 3.8) is 0 Å². The zero-order valence-corrected chi connectivity index (χ0v) is 12.7. The van der Waals surface area contributed by atoms with Gasteiger partial charge in [-0.05, 0) is 47.8 Å². The topological polar surface area (TPSA) is 12.0 Å². The van der Waals surface area contributed by atoms with Crippen LogP contribution < -0.4 is 5.32 Å². The Morgan fingerprint density at radius 2 is 1.80 bits per heavy atom. The Balaban J connectivity index is 1.92. The van der Waals surface area contributed by atoms with E-state index in [4.69, 9.17) is 11.6 Å². The lowest BCUT2D eigenvalue weighted by Gasteiger charge is -2.17. The van der Waals surface area contributed by atoms with Crippen molar-refractivity contribution in [2.24, 2.45) is 0 Å². The van der Waals surface area contributed by atoms with Crippen LogP contribution in [0.3, 0.4) is 0 Å². The summed E-state index contributed by atoms with van der Waals surface area (Å²) < 4.78 is 13.7. The van der Waals surface area contributed by atoms with E-state index in [0.29, 0.717) is 0 Å². The predicted octanol–water partition coefficient (Wildman–Crippen LogP) is 5.80. The lowest BCUT2D eigenvalue weighted by molar-refractivity contribution is 0.628. The molecular formula is C15H11ClFNS2. The molecule has 20 heavy (non-hydrogen) atoms. The zero-order chi connectivity index (χ0) is 13.9. The van der Waals surface area contributed by atoms with Crippen molar-refractivity contribution < 1.29 is 4.39 Å². The number of rotatable bonds is 4. The van der Waals surface area contributed by atoms with Crippen LogP contribution in [-0.2, 0) is 0 Å². The van der Waals surface area contributed by atoms with E-state index in [9.17, 15) is 4.39 Å². The molecule has 1 aromatic carbocycles. The largest absolute Gasteiger partial charge is 0.373 e. The number of nitrogens with one attached hydrogen (secondary N) is 1. The van der Waals surface area contributed by atoms with E-state index in [1.807, 2.05) is 23.6 Å². The molecule has 1 unspecified atom stereocenters. The van der Waals surface area contributed by atoms with Crippen molar-refractivity contribution in [3.05, 3.63) is 73.8 Å². The molecule has 0 aliphatic rings. The summed E-state index contributed by atoms with van der Waals surface area (Å²) in [6.45, 7) is 0. The Morgan fingerprint density at radius 3 is 2.40 bits per heavy atom.